The number of nitrogens with zero attached hydrogens (tertiary/aromatic N) is 3. The summed E-state index contributed by atoms with van der Waals surface area (Å²) in [5.74, 6) is 0.846. The molecule has 6 nitrogen and oxygen atoms in total. The van der Waals surface area contributed by atoms with E-state index in [1.807, 2.05) is 30.3 Å². The number of nitrogens with one attached hydrogen (secondary N) is 1. The Labute approximate surface area is 150 Å². The minimum Gasteiger partial charge on any atom is -0.497 e. The Kier molecular flexibility index (Phi) is 4.76. The van der Waals surface area contributed by atoms with Crippen molar-refractivity contribution < 1.29 is 9.37 Å². The number of hydrazine groups is 1. The number of hydrogen-bond donors (Lipinski definition) is 1. The summed E-state index contributed by atoms with van der Waals surface area (Å²) in [4.78, 5) is 2.13. The van der Waals surface area contributed by atoms with Crippen LogP contribution in [-0.4, -0.2) is 35.5 Å². The molecule has 0 radical (unpaired) electrons. The maximum absolute atomic E-state index is 5.21. The van der Waals surface area contributed by atoms with Gasteiger partial charge in [-0.2, -0.15) is 0 Å². The Bertz CT molecular complexity index is 844. The van der Waals surface area contributed by atoms with Crippen LogP contribution in [0.25, 0.3) is 11.0 Å². The van der Waals surface area contributed by atoms with Crippen LogP contribution in [0.2, 0.25) is 0 Å². The fourth-order valence-corrected chi connectivity index (χ4v) is 3.86. The molecule has 0 amide bonds. The van der Waals surface area contributed by atoms with Gasteiger partial charge in [-0.05, 0) is 59.6 Å². The van der Waals surface area contributed by atoms with Gasteiger partial charge in [-0.15, -0.1) is 0 Å². The van der Waals surface area contributed by atoms with Crippen molar-refractivity contribution in [2.45, 2.75) is 29.1 Å². The molecule has 1 aromatic heterocycles. The molecule has 0 bridgehead atoms. The summed E-state index contributed by atoms with van der Waals surface area (Å²) in [6.45, 7) is 2.10. The molecule has 4 rings (SSSR count). The van der Waals surface area contributed by atoms with E-state index in [4.69, 9.17) is 9.37 Å². The Morgan fingerprint density at radius 2 is 1.76 bits per heavy atom. The number of aromatic nitrogens is 2. The van der Waals surface area contributed by atoms with Crippen molar-refractivity contribution in [3.8, 4) is 5.75 Å². The standard InChI is InChI=1S/C18H20N4O2S/c1-23-13-5-7-14(8-6-13)25-16-10-9-15(17-18(16)21-24-20-17)19-22-11-3-2-4-12-22/h5-10,19H,2-4,11-12H2,1H3. The lowest BCUT2D eigenvalue weighted by Crippen LogP contribution is -2.34. The molecule has 2 heterocycles. The summed E-state index contributed by atoms with van der Waals surface area (Å²) in [5.41, 5.74) is 5.95. The van der Waals surface area contributed by atoms with Gasteiger partial charge in [0.2, 0.25) is 0 Å². The topological polar surface area (TPSA) is 63.4 Å². The highest BCUT2D eigenvalue weighted by Crippen LogP contribution is 2.35. The van der Waals surface area contributed by atoms with E-state index < -0.39 is 0 Å². The van der Waals surface area contributed by atoms with Crippen molar-refractivity contribution in [2.75, 3.05) is 25.6 Å². The van der Waals surface area contributed by atoms with Crippen molar-refractivity contribution in [3.05, 3.63) is 36.4 Å². The SMILES string of the molecule is COc1ccc(Sc2ccc(NN3CCCCC3)c3nonc23)cc1. The highest BCUT2D eigenvalue weighted by molar-refractivity contribution is 7.99. The van der Waals surface area contributed by atoms with E-state index in [-0.39, 0.29) is 0 Å². The predicted octanol–water partition coefficient (Wildman–Crippen LogP) is 4.20. The molecule has 3 aromatic rings. The second-order valence-electron chi connectivity index (χ2n) is 6.01. The van der Waals surface area contributed by atoms with E-state index in [1.165, 1.54) is 19.3 Å². The number of fused-ring (bicyclic) bond motifs is 1. The van der Waals surface area contributed by atoms with Gasteiger partial charge >= 0.3 is 0 Å². The Balaban J connectivity index is 1.58. The van der Waals surface area contributed by atoms with Gasteiger partial charge in [0.15, 0.2) is 11.0 Å². The number of anilines is 1. The lowest BCUT2D eigenvalue weighted by Gasteiger charge is -2.27. The van der Waals surface area contributed by atoms with Gasteiger partial charge in [-0.3, -0.25) is 0 Å². The van der Waals surface area contributed by atoms with Crippen LogP contribution in [0.4, 0.5) is 5.69 Å². The summed E-state index contributed by atoms with van der Waals surface area (Å²) in [6.07, 6.45) is 3.74. The summed E-state index contributed by atoms with van der Waals surface area (Å²) < 4.78 is 10.2. The molecule has 2 aromatic carbocycles. The molecule has 25 heavy (non-hydrogen) atoms. The lowest BCUT2D eigenvalue weighted by atomic mass is 10.2. The van der Waals surface area contributed by atoms with E-state index in [9.17, 15) is 0 Å². The second kappa shape index (κ2) is 7.33. The summed E-state index contributed by atoms with van der Waals surface area (Å²) in [7, 11) is 1.67. The van der Waals surface area contributed by atoms with E-state index in [1.54, 1.807) is 18.9 Å². The lowest BCUT2D eigenvalue weighted by molar-refractivity contribution is 0.273. The van der Waals surface area contributed by atoms with E-state index in [2.05, 4.69) is 26.8 Å². The quantitative estimate of drug-likeness (QED) is 0.735. The third-order valence-corrected chi connectivity index (χ3v) is 5.36. The van der Waals surface area contributed by atoms with Crippen LogP contribution >= 0.6 is 11.8 Å². The Morgan fingerprint density at radius 1 is 1.00 bits per heavy atom. The van der Waals surface area contributed by atoms with Crippen LogP contribution in [0.15, 0.2) is 50.8 Å². The molecule has 7 heteroatoms. The first-order chi connectivity index (χ1) is 12.3. The number of benzene rings is 2. The first-order valence-corrected chi connectivity index (χ1v) is 9.24. The van der Waals surface area contributed by atoms with Gasteiger partial charge in [0.1, 0.15) is 5.75 Å². The predicted molar refractivity (Wildman–Crippen MR) is 98.0 cm³/mol. The van der Waals surface area contributed by atoms with Gasteiger partial charge in [0.25, 0.3) is 0 Å². The van der Waals surface area contributed by atoms with Gasteiger partial charge in [0.05, 0.1) is 12.8 Å². The first-order valence-electron chi connectivity index (χ1n) is 8.42. The smallest absolute Gasteiger partial charge is 0.160 e. The van der Waals surface area contributed by atoms with Gasteiger partial charge < -0.3 is 10.2 Å². The average molecular weight is 356 g/mol. The van der Waals surface area contributed by atoms with Crippen LogP contribution in [0.5, 0.6) is 5.75 Å². The molecule has 0 aliphatic carbocycles. The van der Waals surface area contributed by atoms with Crippen molar-refractivity contribution >= 4 is 28.5 Å². The zero-order chi connectivity index (χ0) is 17.1. The third-order valence-electron chi connectivity index (χ3n) is 4.30. The minimum absolute atomic E-state index is 0.768. The second-order valence-corrected chi connectivity index (χ2v) is 7.13. The molecule has 1 aliphatic rings. The third kappa shape index (κ3) is 3.57. The number of methoxy groups -OCH3 is 1. The summed E-state index contributed by atoms with van der Waals surface area (Å²) >= 11 is 1.64. The molecule has 0 atom stereocenters. The normalized spacial score (nSPS) is 15.4. The number of ether oxygens (including phenoxy) is 1. The van der Waals surface area contributed by atoms with Crippen LogP contribution in [-0.2, 0) is 0 Å². The molecule has 1 aliphatic heterocycles. The number of rotatable bonds is 5. The minimum atomic E-state index is 0.768. The van der Waals surface area contributed by atoms with Crippen molar-refractivity contribution in [3.63, 3.8) is 0 Å². The maximum Gasteiger partial charge on any atom is 0.160 e. The highest BCUT2D eigenvalue weighted by Gasteiger charge is 2.16. The molecule has 0 spiro atoms. The Morgan fingerprint density at radius 3 is 2.52 bits per heavy atom. The van der Waals surface area contributed by atoms with Crippen molar-refractivity contribution in [1.82, 2.24) is 15.3 Å². The number of piperidine rings is 1. The molecule has 1 N–H and O–H groups in total. The van der Waals surface area contributed by atoms with Gasteiger partial charge in [0, 0.05) is 22.9 Å². The van der Waals surface area contributed by atoms with Crippen LogP contribution in [0.1, 0.15) is 19.3 Å². The highest BCUT2D eigenvalue weighted by atomic mass is 32.2. The Hall–Kier alpha value is -2.25. The monoisotopic (exact) mass is 356 g/mol. The van der Waals surface area contributed by atoms with Gasteiger partial charge in [-0.1, -0.05) is 18.2 Å². The maximum atomic E-state index is 5.21. The molecule has 0 unspecified atom stereocenters. The number of hydrogen-bond acceptors (Lipinski definition) is 7. The fourth-order valence-electron chi connectivity index (χ4n) is 2.96. The van der Waals surface area contributed by atoms with E-state index >= 15 is 0 Å². The fraction of sp³-hybridized carbons (Fsp3) is 0.333. The summed E-state index contributed by atoms with van der Waals surface area (Å²) in [5, 5.41) is 10.5. The van der Waals surface area contributed by atoms with Crippen molar-refractivity contribution in [1.29, 1.82) is 0 Å². The molecular formula is C18H20N4O2S. The zero-order valence-electron chi connectivity index (χ0n) is 14.1. The van der Waals surface area contributed by atoms with Crippen LogP contribution in [0.3, 0.4) is 0 Å². The average Bonchev–Trinajstić information content (AvgIpc) is 3.16. The van der Waals surface area contributed by atoms with Gasteiger partial charge in [-0.25, -0.2) is 9.64 Å². The molecule has 0 saturated carbocycles. The summed E-state index contributed by atoms with van der Waals surface area (Å²) in [6, 6.07) is 12.1. The van der Waals surface area contributed by atoms with Crippen LogP contribution in [0, 0.1) is 0 Å². The van der Waals surface area contributed by atoms with Crippen molar-refractivity contribution in [2.24, 2.45) is 0 Å². The molecule has 1 fully saturated rings. The molecular weight excluding hydrogens is 336 g/mol. The van der Waals surface area contributed by atoms with E-state index in [0.717, 1.165) is 45.4 Å². The first kappa shape index (κ1) is 16.2. The molecule has 130 valence electrons. The zero-order valence-corrected chi connectivity index (χ0v) is 14.9. The molecule has 1 saturated heterocycles. The van der Waals surface area contributed by atoms with Crippen LogP contribution < -0.4 is 10.2 Å². The largest absolute Gasteiger partial charge is 0.497 e. The van der Waals surface area contributed by atoms with E-state index in [0.29, 0.717) is 0 Å².